The zero-order valence-corrected chi connectivity index (χ0v) is 13.9. The Morgan fingerprint density at radius 3 is 2.15 bits per heavy atom. The number of hydrogen-bond donors (Lipinski definition) is 1. The molecule has 2 N–H and O–H groups in total. The second-order valence-corrected chi connectivity index (χ2v) is 7.34. The van der Waals surface area contributed by atoms with Crippen LogP contribution in [-0.4, -0.2) is 54.6 Å². The van der Waals surface area contributed by atoms with Crippen molar-refractivity contribution in [3.63, 3.8) is 0 Å². The van der Waals surface area contributed by atoms with Crippen molar-refractivity contribution in [2.24, 2.45) is 17.6 Å². The van der Waals surface area contributed by atoms with E-state index in [1.54, 1.807) is 0 Å². The summed E-state index contributed by atoms with van der Waals surface area (Å²) in [6.07, 6.45) is 6.67. The summed E-state index contributed by atoms with van der Waals surface area (Å²) in [7, 11) is 0. The van der Waals surface area contributed by atoms with Gasteiger partial charge in [-0.15, -0.1) is 0 Å². The molecule has 2 fully saturated rings. The van der Waals surface area contributed by atoms with Crippen LogP contribution in [0.2, 0.25) is 0 Å². The third-order valence-electron chi connectivity index (χ3n) is 5.87. The van der Waals surface area contributed by atoms with Crippen LogP contribution in [0.1, 0.15) is 52.9 Å². The van der Waals surface area contributed by atoms with Gasteiger partial charge in [-0.05, 0) is 50.5 Å². The zero-order chi connectivity index (χ0) is 14.6. The van der Waals surface area contributed by atoms with Crippen LogP contribution in [0.5, 0.6) is 0 Å². The minimum Gasteiger partial charge on any atom is -0.329 e. The van der Waals surface area contributed by atoms with E-state index in [0.717, 1.165) is 18.4 Å². The summed E-state index contributed by atoms with van der Waals surface area (Å²) in [5.41, 5.74) is 6.55. The number of hydrogen-bond acceptors (Lipinski definition) is 3. The highest BCUT2D eigenvalue weighted by Crippen LogP contribution is 2.39. The fourth-order valence-corrected chi connectivity index (χ4v) is 4.26. The molecule has 0 aromatic heterocycles. The number of nitrogens with zero attached hydrogens (tertiary/aromatic N) is 2. The molecule has 3 heteroatoms. The van der Waals surface area contributed by atoms with Gasteiger partial charge in [-0.2, -0.15) is 0 Å². The number of piperazine rings is 1. The van der Waals surface area contributed by atoms with Crippen molar-refractivity contribution in [2.75, 3.05) is 39.3 Å². The van der Waals surface area contributed by atoms with Crippen LogP contribution in [0.15, 0.2) is 0 Å². The first-order valence-electron chi connectivity index (χ1n) is 8.79. The predicted octanol–water partition coefficient (Wildman–Crippen LogP) is 2.56. The largest absolute Gasteiger partial charge is 0.329 e. The van der Waals surface area contributed by atoms with E-state index in [0.29, 0.717) is 5.54 Å². The molecular formula is C17H35N3. The monoisotopic (exact) mass is 281 g/mol. The third-order valence-corrected chi connectivity index (χ3v) is 5.87. The molecule has 118 valence electrons. The van der Waals surface area contributed by atoms with E-state index >= 15 is 0 Å². The van der Waals surface area contributed by atoms with Crippen LogP contribution in [0.3, 0.4) is 0 Å². The molecule has 0 unspecified atom stereocenters. The fourth-order valence-electron chi connectivity index (χ4n) is 4.26. The highest BCUT2D eigenvalue weighted by Gasteiger charge is 2.40. The Morgan fingerprint density at radius 2 is 1.70 bits per heavy atom. The quantitative estimate of drug-likeness (QED) is 0.840. The van der Waals surface area contributed by atoms with Gasteiger partial charge in [0, 0.05) is 38.3 Å². The van der Waals surface area contributed by atoms with Gasteiger partial charge in [0.25, 0.3) is 0 Å². The molecule has 3 nitrogen and oxygen atoms in total. The average Bonchev–Trinajstić information content (AvgIpc) is 2.48. The Balaban J connectivity index is 1.89. The Morgan fingerprint density at radius 1 is 1.10 bits per heavy atom. The number of nitrogens with two attached hydrogens (primary N) is 1. The average molecular weight is 281 g/mol. The van der Waals surface area contributed by atoms with Crippen LogP contribution in [0.25, 0.3) is 0 Å². The molecule has 0 aromatic carbocycles. The summed E-state index contributed by atoms with van der Waals surface area (Å²) in [6.45, 7) is 14.1. The lowest BCUT2D eigenvalue weighted by Crippen LogP contribution is -2.61. The minimum absolute atomic E-state index is 0.323. The highest BCUT2D eigenvalue weighted by atomic mass is 15.3. The molecular weight excluding hydrogens is 246 g/mol. The van der Waals surface area contributed by atoms with Gasteiger partial charge in [0.1, 0.15) is 0 Å². The molecule has 1 aliphatic heterocycles. The van der Waals surface area contributed by atoms with Crippen molar-refractivity contribution in [3.8, 4) is 0 Å². The molecule has 1 heterocycles. The second-order valence-electron chi connectivity index (χ2n) is 7.34. The first kappa shape index (κ1) is 16.3. The molecule has 0 bridgehead atoms. The second kappa shape index (κ2) is 7.24. The lowest BCUT2D eigenvalue weighted by atomic mass is 9.72. The van der Waals surface area contributed by atoms with Gasteiger partial charge >= 0.3 is 0 Å². The molecule has 2 rings (SSSR count). The summed E-state index contributed by atoms with van der Waals surface area (Å²) >= 11 is 0. The fraction of sp³-hybridized carbons (Fsp3) is 1.00. The maximum absolute atomic E-state index is 6.23. The molecule has 0 atom stereocenters. The topological polar surface area (TPSA) is 32.5 Å². The van der Waals surface area contributed by atoms with E-state index in [4.69, 9.17) is 5.73 Å². The van der Waals surface area contributed by atoms with Gasteiger partial charge < -0.3 is 10.6 Å². The summed E-state index contributed by atoms with van der Waals surface area (Å²) in [4.78, 5) is 5.34. The summed E-state index contributed by atoms with van der Waals surface area (Å²) in [5.74, 6) is 1.77. The van der Waals surface area contributed by atoms with Crippen molar-refractivity contribution < 1.29 is 0 Å². The SMILES string of the molecule is CCCN1CCN(C2(CN)CCC(C(C)C)CC2)CC1. The maximum atomic E-state index is 6.23. The van der Waals surface area contributed by atoms with Crippen molar-refractivity contribution >= 4 is 0 Å². The molecule has 1 saturated carbocycles. The van der Waals surface area contributed by atoms with Crippen LogP contribution >= 0.6 is 0 Å². The Hall–Kier alpha value is -0.120. The van der Waals surface area contributed by atoms with Crippen LogP contribution < -0.4 is 5.73 Å². The highest BCUT2D eigenvalue weighted by molar-refractivity contribution is 4.97. The zero-order valence-electron chi connectivity index (χ0n) is 13.9. The van der Waals surface area contributed by atoms with Crippen molar-refractivity contribution in [2.45, 2.75) is 58.4 Å². The molecule has 0 radical (unpaired) electrons. The normalized spacial score (nSPS) is 33.8. The molecule has 0 amide bonds. The van der Waals surface area contributed by atoms with Gasteiger partial charge in [-0.3, -0.25) is 4.90 Å². The van der Waals surface area contributed by atoms with Crippen LogP contribution in [0.4, 0.5) is 0 Å². The minimum atomic E-state index is 0.323. The van der Waals surface area contributed by atoms with Gasteiger partial charge in [-0.25, -0.2) is 0 Å². The Kier molecular flexibility index (Phi) is 5.88. The van der Waals surface area contributed by atoms with Crippen LogP contribution in [-0.2, 0) is 0 Å². The molecule has 1 saturated heterocycles. The van der Waals surface area contributed by atoms with E-state index < -0.39 is 0 Å². The summed E-state index contributed by atoms with van der Waals surface area (Å²) < 4.78 is 0. The predicted molar refractivity (Wildman–Crippen MR) is 86.9 cm³/mol. The maximum Gasteiger partial charge on any atom is 0.0333 e. The van der Waals surface area contributed by atoms with Crippen molar-refractivity contribution in [1.29, 1.82) is 0 Å². The van der Waals surface area contributed by atoms with Crippen molar-refractivity contribution in [3.05, 3.63) is 0 Å². The molecule has 1 aliphatic carbocycles. The lowest BCUT2D eigenvalue weighted by Gasteiger charge is -2.51. The molecule has 20 heavy (non-hydrogen) atoms. The summed E-state index contributed by atoms with van der Waals surface area (Å²) in [6, 6.07) is 0. The number of rotatable bonds is 5. The van der Waals surface area contributed by atoms with E-state index in [1.165, 1.54) is 64.8 Å². The van der Waals surface area contributed by atoms with Gasteiger partial charge in [0.05, 0.1) is 0 Å². The lowest BCUT2D eigenvalue weighted by molar-refractivity contribution is -0.000729. The third kappa shape index (κ3) is 3.55. The van der Waals surface area contributed by atoms with E-state index in [2.05, 4.69) is 30.6 Å². The first-order valence-corrected chi connectivity index (χ1v) is 8.79. The Bertz CT molecular complexity index is 274. The molecule has 2 aliphatic rings. The Labute approximate surface area is 125 Å². The molecule has 0 aromatic rings. The van der Waals surface area contributed by atoms with Gasteiger partial charge in [-0.1, -0.05) is 20.8 Å². The van der Waals surface area contributed by atoms with E-state index in [9.17, 15) is 0 Å². The molecule has 0 spiro atoms. The van der Waals surface area contributed by atoms with Crippen LogP contribution in [0, 0.1) is 11.8 Å². The van der Waals surface area contributed by atoms with Crippen molar-refractivity contribution in [1.82, 2.24) is 9.80 Å². The standard InChI is InChI=1S/C17H35N3/c1-4-9-19-10-12-20(13-11-19)17(14-18)7-5-16(6-8-17)15(2)3/h15-16H,4-14,18H2,1-3H3. The smallest absolute Gasteiger partial charge is 0.0333 e. The summed E-state index contributed by atoms with van der Waals surface area (Å²) in [5, 5.41) is 0. The first-order chi connectivity index (χ1) is 9.61. The van der Waals surface area contributed by atoms with Gasteiger partial charge in [0.15, 0.2) is 0 Å². The van der Waals surface area contributed by atoms with E-state index in [1.807, 2.05) is 0 Å². The van der Waals surface area contributed by atoms with Gasteiger partial charge in [0.2, 0.25) is 0 Å². The van der Waals surface area contributed by atoms with E-state index in [-0.39, 0.29) is 0 Å².